The molecule has 0 radical (unpaired) electrons. The first-order valence-electron chi connectivity index (χ1n) is 12.7. The maximum absolute atomic E-state index is 6.65. The van der Waals surface area contributed by atoms with Gasteiger partial charge in [0.25, 0.3) is 0 Å². The van der Waals surface area contributed by atoms with Gasteiger partial charge in [0.05, 0.1) is 17.3 Å². The molecule has 184 valence electrons. The van der Waals surface area contributed by atoms with Crippen molar-refractivity contribution in [2.75, 3.05) is 49.6 Å². The van der Waals surface area contributed by atoms with Crippen LogP contribution >= 0.6 is 11.6 Å². The summed E-state index contributed by atoms with van der Waals surface area (Å²) in [6.07, 6.45) is 4.24. The number of hydrogen-bond donors (Lipinski definition) is 1. The number of fused-ring (bicyclic) bond motifs is 2. The van der Waals surface area contributed by atoms with Crippen LogP contribution in [0.1, 0.15) is 30.5 Å². The van der Waals surface area contributed by atoms with E-state index < -0.39 is 0 Å². The Bertz CT molecular complexity index is 1230. The molecule has 2 aromatic carbocycles. The van der Waals surface area contributed by atoms with Crippen LogP contribution in [0.2, 0.25) is 5.02 Å². The third-order valence-corrected chi connectivity index (χ3v) is 8.11. The van der Waals surface area contributed by atoms with Gasteiger partial charge in [-0.2, -0.15) is 9.97 Å². The molecule has 1 aromatic heterocycles. The lowest BCUT2D eigenvalue weighted by atomic mass is 10.0. The molecule has 3 aromatic rings. The van der Waals surface area contributed by atoms with Gasteiger partial charge in [-0.1, -0.05) is 35.9 Å². The summed E-state index contributed by atoms with van der Waals surface area (Å²) in [6.45, 7) is 5.10. The number of aromatic nitrogens is 2. The number of hydrogen-bond acceptors (Lipinski definition) is 7. The minimum Gasteiger partial charge on any atom is -0.462 e. The van der Waals surface area contributed by atoms with Gasteiger partial charge in [-0.3, -0.25) is 0 Å². The van der Waals surface area contributed by atoms with Gasteiger partial charge < -0.3 is 25.2 Å². The summed E-state index contributed by atoms with van der Waals surface area (Å²) in [5.74, 6) is 1.01. The summed E-state index contributed by atoms with van der Waals surface area (Å²) < 4.78 is 6.22. The maximum Gasteiger partial charge on any atom is 0.318 e. The van der Waals surface area contributed by atoms with E-state index in [0.717, 1.165) is 78.4 Å². The number of ether oxygens (including phenoxy) is 1. The average molecular weight is 493 g/mol. The molecule has 3 aliphatic heterocycles. The SMILES string of the molecule is CN1CCCC1COc1nc2c(c(N3CCC(N)C3)n1)CCN(c1cccc3cccc(Cl)c13)C2. The number of nitrogens with two attached hydrogens (primary N) is 1. The van der Waals surface area contributed by atoms with Crippen molar-refractivity contribution in [1.29, 1.82) is 0 Å². The monoisotopic (exact) mass is 492 g/mol. The lowest BCUT2D eigenvalue weighted by Crippen LogP contribution is -2.35. The van der Waals surface area contributed by atoms with Crippen LogP contribution in [0.3, 0.4) is 0 Å². The Morgan fingerprint density at radius 2 is 1.91 bits per heavy atom. The maximum atomic E-state index is 6.65. The second kappa shape index (κ2) is 9.45. The van der Waals surface area contributed by atoms with E-state index in [0.29, 0.717) is 25.2 Å². The molecule has 0 saturated carbocycles. The summed E-state index contributed by atoms with van der Waals surface area (Å²) in [4.78, 5) is 16.9. The molecule has 0 amide bonds. The summed E-state index contributed by atoms with van der Waals surface area (Å²) in [5.41, 5.74) is 9.68. The van der Waals surface area contributed by atoms with Gasteiger partial charge in [0, 0.05) is 48.4 Å². The van der Waals surface area contributed by atoms with Gasteiger partial charge in [-0.25, -0.2) is 0 Å². The van der Waals surface area contributed by atoms with Gasteiger partial charge in [0.1, 0.15) is 12.4 Å². The average Bonchev–Trinajstić information content (AvgIpc) is 3.49. The van der Waals surface area contributed by atoms with Gasteiger partial charge in [-0.15, -0.1) is 0 Å². The van der Waals surface area contributed by atoms with E-state index in [2.05, 4.69) is 46.0 Å². The summed E-state index contributed by atoms with van der Waals surface area (Å²) in [5, 5.41) is 3.03. The molecule has 2 unspecified atom stereocenters. The molecule has 0 spiro atoms. The standard InChI is InChI=1S/C27H33ClN6O/c1-32-12-4-7-20(32)17-35-27-30-23-16-33(24-9-3-6-18-5-2-8-22(28)25(18)24)14-11-21(23)26(31-27)34-13-10-19(29)15-34/h2-3,5-6,8-9,19-20H,4,7,10-17,29H2,1H3. The van der Waals surface area contributed by atoms with E-state index in [1.165, 1.54) is 12.0 Å². The summed E-state index contributed by atoms with van der Waals surface area (Å²) >= 11 is 6.65. The van der Waals surface area contributed by atoms with Crippen LogP contribution in [0.15, 0.2) is 36.4 Å². The first kappa shape index (κ1) is 22.8. The Balaban J connectivity index is 1.34. The van der Waals surface area contributed by atoms with Crippen LogP contribution in [-0.2, 0) is 13.0 Å². The minimum atomic E-state index is 0.190. The zero-order valence-electron chi connectivity index (χ0n) is 20.3. The van der Waals surface area contributed by atoms with Crippen LogP contribution in [0.5, 0.6) is 6.01 Å². The Morgan fingerprint density at radius 1 is 1.06 bits per heavy atom. The number of halogens is 1. The second-order valence-corrected chi connectivity index (χ2v) is 10.5. The van der Waals surface area contributed by atoms with E-state index in [9.17, 15) is 0 Å². The third kappa shape index (κ3) is 4.41. The molecule has 0 bridgehead atoms. The van der Waals surface area contributed by atoms with Gasteiger partial charge in [0.15, 0.2) is 0 Å². The van der Waals surface area contributed by atoms with Crippen LogP contribution < -0.4 is 20.3 Å². The fraction of sp³-hybridized carbons (Fsp3) is 0.481. The largest absolute Gasteiger partial charge is 0.462 e. The van der Waals surface area contributed by atoms with Crippen LogP contribution in [0.4, 0.5) is 11.5 Å². The third-order valence-electron chi connectivity index (χ3n) is 7.80. The smallest absolute Gasteiger partial charge is 0.318 e. The molecule has 8 heteroatoms. The van der Waals surface area contributed by atoms with Crippen molar-refractivity contribution in [2.45, 2.75) is 44.3 Å². The molecule has 0 aliphatic carbocycles. The van der Waals surface area contributed by atoms with E-state index in [1.807, 2.05) is 12.1 Å². The number of anilines is 2. The molecule has 3 aliphatic rings. The van der Waals surface area contributed by atoms with E-state index >= 15 is 0 Å². The van der Waals surface area contributed by atoms with Crippen LogP contribution in [0.25, 0.3) is 10.8 Å². The van der Waals surface area contributed by atoms with Gasteiger partial charge in [0.2, 0.25) is 0 Å². The Morgan fingerprint density at radius 3 is 2.69 bits per heavy atom. The Labute approximate surface area is 211 Å². The Hall–Kier alpha value is -2.61. The first-order chi connectivity index (χ1) is 17.1. The number of benzene rings is 2. The molecule has 2 fully saturated rings. The van der Waals surface area contributed by atoms with E-state index in [4.69, 9.17) is 32.0 Å². The van der Waals surface area contributed by atoms with Crippen LogP contribution in [-0.4, -0.2) is 66.8 Å². The molecule has 2 atom stereocenters. The fourth-order valence-corrected chi connectivity index (χ4v) is 6.08. The topological polar surface area (TPSA) is 70.8 Å². The quantitative estimate of drug-likeness (QED) is 0.580. The van der Waals surface area contributed by atoms with Gasteiger partial charge >= 0.3 is 6.01 Å². The molecule has 35 heavy (non-hydrogen) atoms. The van der Waals surface area contributed by atoms with Crippen molar-refractivity contribution < 1.29 is 4.74 Å². The highest BCUT2D eigenvalue weighted by atomic mass is 35.5. The highest BCUT2D eigenvalue weighted by Gasteiger charge is 2.30. The highest BCUT2D eigenvalue weighted by molar-refractivity contribution is 6.36. The molecule has 4 heterocycles. The summed E-state index contributed by atoms with van der Waals surface area (Å²) in [6, 6.07) is 13.6. The van der Waals surface area contributed by atoms with Gasteiger partial charge in [-0.05, 0) is 56.8 Å². The zero-order chi connectivity index (χ0) is 23.9. The molecule has 6 rings (SSSR count). The minimum absolute atomic E-state index is 0.190. The highest BCUT2D eigenvalue weighted by Crippen LogP contribution is 2.37. The molecular formula is C27H33ClN6O. The molecule has 7 nitrogen and oxygen atoms in total. The van der Waals surface area contributed by atoms with Crippen molar-refractivity contribution in [3.63, 3.8) is 0 Å². The first-order valence-corrected chi connectivity index (χ1v) is 13.1. The van der Waals surface area contributed by atoms with Crippen LogP contribution in [0, 0.1) is 0 Å². The lowest BCUT2D eigenvalue weighted by Gasteiger charge is -2.33. The van der Waals surface area contributed by atoms with E-state index in [-0.39, 0.29) is 6.04 Å². The Kier molecular flexibility index (Phi) is 6.16. The molecule has 2 saturated heterocycles. The molecular weight excluding hydrogens is 460 g/mol. The van der Waals surface area contributed by atoms with Crippen molar-refractivity contribution in [3.8, 4) is 6.01 Å². The van der Waals surface area contributed by atoms with Crippen molar-refractivity contribution in [2.24, 2.45) is 5.73 Å². The lowest BCUT2D eigenvalue weighted by molar-refractivity contribution is 0.187. The van der Waals surface area contributed by atoms with Crippen molar-refractivity contribution in [3.05, 3.63) is 52.7 Å². The number of rotatable bonds is 5. The number of likely N-dealkylation sites (N-methyl/N-ethyl adjacent to an activating group) is 1. The second-order valence-electron chi connectivity index (χ2n) is 10.1. The fourth-order valence-electron chi connectivity index (χ4n) is 5.80. The number of nitrogens with zero attached hydrogens (tertiary/aromatic N) is 5. The van der Waals surface area contributed by atoms with Crippen molar-refractivity contribution >= 4 is 33.9 Å². The van der Waals surface area contributed by atoms with E-state index in [1.54, 1.807) is 0 Å². The predicted molar refractivity (Wildman–Crippen MR) is 142 cm³/mol. The zero-order valence-corrected chi connectivity index (χ0v) is 21.0. The molecule has 2 N–H and O–H groups in total. The predicted octanol–water partition coefficient (Wildman–Crippen LogP) is 3.86. The summed E-state index contributed by atoms with van der Waals surface area (Å²) in [7, 11) is 2.17. The normalized spacial score (nSPS) is 22.7. The van der Waals surface area contributed by atoms with Crippen molar-refractivity contribution in [1.82, 2.24) is 14.9 Å². The number of likely N-dealkylation sites (tertiary alicyclic amines) is 1.